The highest BCUT2D eigenvalue weighted by Gasteiger charge is 2.24. The summed E-state index contributed by atoms with van der Waals surface area (Å²) in [5.41, 5.74) is 3.22. The molecule has 2 saturated carbocycles. The molecule has 2 aromatic heterocycles. The molecule has 0 aliphatic heterocycles. The van der Waals surface area contributed by atoms with Crippen molar-refractivity contribution < 1.29 is 4.79 Å². The molecule has 0 saturated heterocycles. The first-order valence-electron chi connectivity index (χ1n) is 10.2. The Bertz CT molecular complexity index is 1010. The molecule has 6 heteroatoms. The van der Waals surface area contributed by atoms with E-state index in [1.165, 1.54) is 38.5 Å². The highest BCUT2D eigenvalue weighted by molar-refractivity contribution is 6.05. The summed E-state index contributed by atoms with van der Waals surface area (Å²) in [6.45, 7) is 2.04. The summed E-state index contributed by atoms with van der Waals surface area (Å²) in [4.78, 5) is 17.4. The van der Waals surface area contributed by atoms with Gasteiger partial charge in [-0.3, -0.25) is 4.79 Å². The van der Waals surface area contributed by atoms with Crippen LogP contribution in [-0.2, 0) is 0 Å². The number of hydrogen-bond donors (Lipinski definition) is 1. The van der Waals surface area contributed by atoms with Gasteiger partial charge in [0, 0.05) is 23.0 Å². The normalized spacial score (nSPS) is 18.7. The Labute approximate surface area is 158 Å². The molecule has 1 aromatic carbocycles. The molecule has 2 aliphatic carbocycles. The van der Waals surface area contributed by atoms with Crippen molar-refractivity contribution in [2.75, 3.05) is 0 Å². The van der Waals surface area contributed by atoms with Crippen LogP contribution in [0.5, 0.6) is 0 Å². The lowest BCUT2D eigenvalue weighted by molar-refractivity contribution is 0.0938. The molecule has 3 aromatic rings. The third-order valence-electron chi connectivity index (χ3n) is 6.22. The third-order valence-corrected chi connectivity index (χ3v) is 6.22. The molecule has 0 unspecified atom stereocenters. The van der Waals surface area contributed by atoms with Gasteiger partial charge in [-0.2, -0.15) is 0 Å². The van der Waals surface area contributed by atoms with E-state index in [-0.39, 0.29) is 5.91 Å². The van der Waals surface area contributed by atoms with Crippen LogP contribution >= 0.6 is 0 Å². The van der Waals surface area contributed by atoms with E-state index in [9.17, 15) is 4.79 Å². The van der Waals surface area contributed by atoms with Crippen LogP contribution in [0.15, 0.2) is 18.2 Å². The summed E-state index contributed by atoms with van der Waals surface area (Å²) in [7, 11) is 0. The first kappa shape index (κ1) is 16.7. The minimum absolute atomic E-state index is 0.0115. The number of nitrogens with zero attached hydrogens (tertiary/aromatic N) is 4. The molecular weight excluding hydrogens is 338 g/mol. The SMILES string of the molecule is Cc1nc2nnc3ccc(C(=O)NC4CCCC4)cc3c2n1C1CCCC1. The number of aromatic nitrogens is 4. The van der Waals surface area contributed by atoms with Gasteiger partial charge >= 0.3 is 0 Å². The number of rotatable bonds is 3. The van der Waals surface area contributed by atoms with Crippen LogP contribution in [0.3, 0.4) is 0 Å². The molecule has 1 N–H and O–H groups in total. The van der Waals surface area contributed by atoms with Gasteiger partial charge in [-0.05, 0) is 50.8 Å². The topological polar surface area (TPSA) is 72.7 Å². The van der Waals surface area contributed by atoms with E-state index in [2.05, 4.69) is 25.1 Å². The zero-order valence-corrected chi connectivity index (χ0v) is 15.7. The minimum atomic E-state index is 0.0115. The fourth-order valence-electron chi connectivity index (χ4n) is 4.85. The molecule has 2 heterocycles. The quantitative estimate of drug-likeness (QED) is 0.761. The fourth-order valence-corrected chi connectivity index (χ4v) is 4.85. The third kappa shape index (κ3) is 2.87. The van der Waals surface area contributed by atoms with Crippen molar-refractivity contribution in [3.63, 3.8) is 0 Å². The molecule has 27 heavy (non-hydrogen) atoms. The van der Waals surface area contributed by atoms with Crippen LogP contribution in [0, 0.1) is 6.92 Å². The molecule has 0 bridgehead atoms. The number of carbonyl (C=O) groups excluding carboxylic acids is 1. The number of nitrogens with one attached hydrogen (secondary N) is 1. The lowest BCUT2D eigenvalue weighted by Crippen LogP contribution is -2.32. The van der Waals surface area contributed by atoms with Crippen molar-refractivity contribution in [3.8, 4) is 0 Å². The number of amides is 1. The molecule has 140 valence electrons. The lowest BCUT2D eigenvalue weighted by Gasteiger charge is -2.16. The van der Waals surface area contributed by atoms with Crippen molar-refractivity contribution in [3.05, 3.63) is 29.6 Å². The lowest BCUT2D eigenvalue weighted by atomic mass is 10.1. The van der Waals surface area contributed by atoms with Gasteiger partial charge in [-0.1, -0.05) is 25.7 Å². The molecule has 0 radical (unpaired) electrons. The van der Waals surface area contributed by atoms with Gasteiger partial charge in [0.1, 0.15) is 5.82 Å². The average Bonchev–Trinajstić information content (AvgIpc) is 3.41. The second kappa shape index (κ2) is 6.59. The number of aryl methyl sites for hydroxylation is 1. The molecular formula is C21H25N5O. The molecule has 2 fully saturated rings. The van der Waals surface area contributed by atoms with Crippen molar-refractivity contribution in [1.82, 2.24) is 25.1 Å². The summed E-state index contributed by atoms with van der Waals surface area (Å²) in [5, 5.41) is 12.8. The Morgan fingerprint density at radius 2 is 1.81 bits per heavy atom. The van der Waals surface area contributed by atoms with Gasteiger partial charge in [-0.25, -0.2) is 4.98 Å². The van der Waals surface area contributed by atoms with E-state index < -0.39 is 0 Å². The summed E-state index contributed by atoms with van der Waals surface area (Å²) in [5.74, 6) is 0.997. The number of benzene rings is 1. The first-order valence-corrected chi connectivity index (χ1v) is 10.2. The van der Waals surface area contributed by atoms with E-state index in [1.807, 2.05) is 25.1 Å². The summed E-state index contributed by atoms with van der Waals surface area (Å²) in [6.07, 6.45) is 9.46. The number of carbonyl (C=O) groups is 1. The van der Waals surface area contributed by atoms with Crippen LogP contribution in [0.25, 0.3) is 22.1 Å². The number of hydrogen-bond acceptors (Lipinski definition) is 4. The Morgan fingerprint density at radius 1 is 1.07 bits per heavy atom. The van der Waals surface area contributed by atoms with Gasteiger partial charge in [0.15, 0.2) is 0 Å². The monoisotopic (exact) mass is 363 g/mol. The number of imidazole rings is 1. The Morgan fingerprint density at radius 3 is 2.59 bits per heavy atom. The van der Waals surface area contributed by atoms with Gasteiger partial charge in [-0.15, -0.1) is 10.2 Å². The smallest absolute Gasteiger partial charge is 0.251 e. The van der Waals surface area contributed by atoms with Crippen LogP contribution in [0.1, 0.15) is 73.6 Å². The fraction of sp³-hybridized carbons (Fsp3) is 0.524. The predicted octanol–water partition coefficient (Wildman–Crippen LogP) is 4.08. The van der Waals surface area contributed by atoms with Crippen molar-refractivity contribution in [1.29, 1.82) is 0 Å². The number of fused-ring (bicyclic) bond motifs is 3. The highest BCUT2D eigenvalue weighted by Crippen LogP contribution is 2.35. The maximum Gasteiger partial charge on any atom is 0.251 e. The minimum Gasteiger partial charge on any atom is -0.349 e. The van der Waals surface area contributed by atoms with E-state index in [0.717, 1.165) is 35.1 Å². The van der Waals surface area contributed by atoms with Crippen LogP contribution in [0.2, 0.25) is 0 Å². The first-order chi connectivity index (χ1) is 13.2. The molecule has 6 nitrogen and oxygen atoms in total. The Kier molecular flexibility index (Phi) is 4.06. The molecule has 1 amide bonds. The zero-order chi connectivity index (χ0) is 18.4. The maximum absolute atomic E-state index is 12.8. The van der Waals surface area contributed by atoms with Crippen molar-refractivity contribution >= 4 is 28.0 Å². The second-order valence-corrected chi connectivity index (χ2v) is 8.03. The van der Waals surface area contributed by atoms with Crippen LogP contribution < -0.4 is 5.32 Å². The van der Waals surface area contributed by atoms with E-state index in [4.69, 9.17) is 0 Å². The summed E-state index contributed by atoms with van der Waals surface area (Å²) < 4.78 is 2.33. The Balaban J connectivity index is 1.61. The average molecular weight is 363 g/mol. The molecule has 0 spiro atoms. The van der Waals surface area contributed by atoms with Crippen LogP contribution in [-0.4, -0.2) is 31.7 Å². The van der Waals surface area contributed by atoms with Crippen LogP contribution in [0.4, 0.5) is 0 Å². The van der Waals surface area contributed by atoms with Gasteiger partial charge in [0.2, 0.25) is 5.65 Å². The summed E-state index contributed by atoms with van der Waals surface area (Å²) >= 11 is 0. The molecule has 2 aliphatic rings. The molecule has 0 atom stereocenters. The highest BCUT2D eigenvalue weighted by atomic mass is 16.1. The standard InChI is InChI=1S/C21H25N5O/c1-13-22-20-19(26(13)16-8-4-5-9-16)17-12-14(10-11-18(17)24-25-20)21(27)23-15-6-2-3-7-15/h10-12,15-16H,2-9H2,1H3,(H,23,27). The van der Waals surface area contributed by atoms with Gasteiger partial charge in [0.25, 0.3) is 5.91 Å². The van der Waals surface area contributed by atoms with Crippen molar-refractivity contribution in [2.24, 2.45) is 0 Å². The van der Waals surface area contributed by atoms with Crippen molar-refractivity contribution in [2.45, 2.75) is 70.4 Å². The zero-order valence-electron chi connectivity index (χ0n) is 15.7. The molecule has 5 rings (SSSR count). The van der Waals surface area contributed by atoms with Gasteiger partial charge in [0.05, 0.1) is 11.0 Å². The summed E-state index contributed by atoms with van der Waals surface area (Å²) in [6, 6.07) is 6.53. The maximum atomic E-state index is 12.8. The van der Waals surface area contributed by atoms with E-state index >= 15 is 0 Å². The largest absolute Gasteiger partial charge is 0.349 e. The van der Waals surface area contributed by atoms with E-state index in [1.54, 1.807) is 0 Å². The second-order valence-electron chi connectivity index (χ2n) is 8.03. The predicted molar refractivity (Wildman–Crippen MR) is 105 cm³/mol. The van der Waals surface area contributed by atoms with Gasteiger partial charge < -0.3 is 9.88 Å². The Hall–Kier alpha value is -2.50. The van der Waals surface area contributed by atoms with E-state index in [0.29, 0.717) is 23.3 Å².